The van der Waals surface area contributed by atoms with Crippen LogP contribution in [0.1, 0.15) is 29.9 Å². The lowest BCUT2D eigenvalue weighted by atomic mass is 10.2. The normalized spacial score (nSPS) is 13.5. The largest absolute Gasteiger partial charge is 0.306 e. The molecule has 0 unspecified atom stereocenters. The van der Waals surface area contributed by atoms with Gasteiger partial charge >= 0.3 is 0 Å². The van der Waals surface area contributed by atoms with E-state index >= 15 is 0 Å². The first-order valence-electron chi connectivity index (χ1n) is 7.54. The molecule has 0 aliphatic carbocycles. The van der Waals surface area contributed by atoms with Crippen molar-refractivity contribution in [1.29, 1.82) is 0 Å². The molecular formula is C17H19N3O2. The maximum absolute atomic E-state index is 12.7. The summed E-state index contributed by atoms with van der Waals surface area (Å²) in [6.45, 7) is 5.19. The lowest BCUT2D eigenvalue weighted by Crippen LogP contribution is -2.33. The van der Waals surface area contributed by atoms with E-state index in [2.05, 4.69) is 5.10 Å². The summed E-state index contributed by atoms with van der Waals surface area (Å²) < 4.78 is 1.37. The zero-order valence-electron chi connectivity index (χ0n) is 12.8. The molecule has 0 fully saturated rings. The molecule has 1 amide bonds. The smallest absolute Gasteiger partial charge is 0.278 e. The van der Waals surface area contributed by atoms with E-state index in [1.165, 1.54) is 22.4 Å². The lowest BCUT2D eigenvalue weighted by Gasteiger charge is -2.17. The second-order valence-electron chi connectivity index (χ2n) is 5.97. The summed E-state index contributed by atoms with van der Waals surface area (Å²) in [5, 5.41) is 4.24. The minimum Gasteiger partial charge on any atom is -0.306 e. The second-order valence-corrected chi connectivity index (χ2v) is 5.97. The average molecular weight is 297 g/mol. The number of aromatic nitrogens is 2. The minimum absolute atomic E-state index is 0.151. The summed E-state index contributed by atoms with van der Waals surface area (Å²) in [4.78, 5) is 26.3. The van der Waals surface area contributed by atoms with Crippen LogP contribution in [-0.2, 0) is 13.0 Å². The molecule has 0 spiro atoms. The molecule has 2 aromatic rings. The van der Waals surface area contributed by atoms with Crippen LogP contribution in [0.25, 0.3) is 0 Å². The van der Waals surface area contributed by atoms with Crippen molar-refractivity contribution in [3.8, 4) is 0 Å². The Kier molecular flexibility index (Phi) is 3.79. The van der Waals surface area contributed by atoms with Crippen LogP contribution in [0, 0.1) is 5.92 Å². The van der Waals surface area contributed by atoms with Crippen LogP contribution in [0.4, 0.5) is 5.69 Å². The van der Waals surface area contributed by atoms with Crippen molar-refractivity contribution in [2.45, 2.75) is 26.8 Å². The maximum Gasteiger partial charge on any atom is 0.278 e. The van der Waals surface area contributed by atoms with Crippen molar-refractivity contribution >= 4 is 11.6 Å². The highest BCUT2D eigenvalue weighted by Gasteiger charge is 2.26. The summed E-state index contributed by atoms with van der Waals surface area (Å²) in [5.41, 5.74) is 2.26. The van der Waals surface area contributed by atoms with Gasteiger partial charge in [-0.3, -0.25) is 9.59 Å². The number of fused-ring (bicyclic) bond motifs is 1. The SMILES string of the molecule is CC(C)Cn1nc(C(=O)N2CCc3ccccc32)ccc1=O. The molecule has 0 saturated heterocycles. The van der Waals surface area contributed by atoms with E-state index in [9.17, 15) is 9.59 Å². The van der Waals surface area contributed by atoms with Gasteiger partial charge in [0.25, 0.3) is 11.5 Å². The number of carbonyl (C=O) groups excluding carboxylic acids is 1. The highest BCUT2D eigenvalue weighted by atomic mass is 16.2. The van der Waals surface area contributed by atoms with Crippen LogP contribution in [0.3, 0.4) is 0 Å². The van der Waals surface area contributed by atoms with Crippen molar-refractivity contribution in [2.24, 2.45) is 5.92 Å². The highest BCUT2D eigenvalue weighted by molar-refractivity contribution is 6.05. The summed E-state index contributed by atoms with van der Waals surface area (Å²) in [7, 11) is 0. The molecule has 0 bridgehead atoms. The van der Waals surface area contributed by atoms with Gasteiger partial charge in [0.15, 0.2) is 0 Å². The molecule has 2 heterocycles. The lowest BCUT2D eigenvalue weighted by molar-refractivity contribution is 0.0982. The van der Waals surface area contributed by atoms with Gasteiger partial charge in [-0.2, -0.15) is 5.10 Å². The van der Waals surface area contributed by atoms with Gasteiger partial charge in [-0.05, 0) is 30.0 Å². The maximum atomic E-state index is 12.7. The molecule has 5 heteroatoms. The predicted molar refractivity (Wildman–Crippen MR) is 85.2 cm³/mol. The zero-order chi connectivity index (χ0) is 15.7. The summed E-state index contributed by atoms with van der Waals surface area (Å²) in [6.07, 6.45) is 0.855. The number of carbonyl (C=O) groups is 1. The first-order chi connectivity index (χ1) is 10.6. The number of benzene rings is 1. The van der Waals surface area contributed by atoms with Crippen LogP contribution in [-0.4, -0.2) is 22.2 Å². The molecule has 3 rings (SSSR count). The molecule has 0 N–H and O–H groups in total. The standard InChI is InChI=1S/C17H19N3O2/c1-12(2)11-20-16(21)8-7-14(18-20)17(22)19-10-9-13-5-3-4-6-15(13)19/h3-8,12H,9-11H2,1-2H3. The molecule has 0 radical (unpaired) electrons. The summed E-state index contributed by atoms with van der Waals surface area (Å²) in [5.74, 6) is 0.144. The third-order valence-electron chi connectivity index (χ3n) is 3.76. The van der Waals surface area contributed by atoms with E-state index in [4.69, 9.17) is 0 Å². The highest BCUT2D eigenvalue weighted by Crippen LogP contribution is 2.28. The Morgan fingerprint density at radius 3 is 2.77 bits per heavy atom. The van der Waals surface area contributed by atoms with E-state index in [-0.39, 0.29) is 11.5 Å². The number of anilines is 1. The van der Waals surface area contributed by atoms with Gasteiger partial charge in [0.1, 0.15) is 5.69 Å². The van der Waals surface area contributed by atoms with Gasteiger partial charge in [0, 0.05) is 24.8 Å². The van der Waals surface area contributed by atoms with Crippen molar-refractivity contribution in [3.05, 3.63) is 58.0 Å². The molecule has 1 aliphatic rings. The van der Waals surface area contributed by atoms with E-state index in [1.54, 1.807) is 4.90 Å². The molecular weight excluding hydrogens is 278 g/mol. The number of para-hydroxylation sites is 1. The van der Waals surface area contributed by atoms with Crippen LogP contribution >= 0.6 is 0 Å². The third kappa shape index (κ3) is 2.66. The van der Waals surface area contributed by atoms with Crippen molar-refractivity contribution in [3.63, 3.8) is 0 Å². The minimum atomic E-state index is -0.174. The van der Waals surface area contributed by atoms with E-state index in [1.807, 2.05) is 38.1 Å². The zero-order valence-corrected chi connectivity index (χ0v) is 12.8. The molecule has 0 saturated carbocycles. The van der Waals surface area contributed by atoms with Gasteiger partial charge in [0.2, 0.25) is 0 Å². The number of rotatable bonds is 3. The Labute approximate surface area is 129 Å². The van der Waals surface area contributed by atoms with Crippen LogP contribution in [0.15, 0.2) is 41.2 Å². The van der Waals surface area contributed by atoms with Gasteiger partial charge in [0.05, 0.1) is 0 Å². The van der Waals surface area contributed by atoms with Crippen LogP contribution < -0.4 is 10.5 Å². The Balaban J connectivity index is 1.92. The summed E-state index contributed by atoms with van der Waals surface area (Å²) in [6, 6.07) is 10.8. The number of amides is 1. The molecule has 1 aromatic carbocycles. The quantitative estimate of drug-likeness (QED) is 0.872. The fourth-order valence-corrected chi connectivity index (χ4v) is 2.73. The Bertz CT molecular complexity index is 764. The van der Waals surface area contributed by atoms with Gasteiger partial charge in [-0.25, -0.2) is 4.68 Å². The van der Waals surface area contributed by atoms with E-state index < -0.39 is 0 Å². The molecule has 22 heavy (non-hydrogen) atoms. The van der Waals surface area contributed by atoms with E-state index in [0.717, 1.165) is 12.1 Å². The molecule has 0 atom stereocenters. The topological polar surface area (TPSA) is 55.2 Å². The van der Waals surface area contributed by atoms with Gasteiger partial charge in [-0.1, -0.05) is 32.0 Å². The first-order valence-corrected chi connectivity index (χ1v) is 7.54. The van der Waals surface area contributed by atoms with Crippen molar-refractivity contribution in [1.82, 2.24) is 9.78 Å². The molecule has 114 valence electrons. The van der Waals surface area contributed by atoms with E-state index in [0.29, 0.717) is 24.7 Å². The monoisotopic (exact) mass is 297 g/mol. The predicted octanol–water partition coefficient (Wildman–Crippen LogP) is 2.10. The van der Waals surface area contributed by atoms with Gasteiger partial charge < -0.3 is 4.90 Å². The van der Waals surface area contributed by atoms with Crippen molar-refractivity contribution < 1.29 is 4.79 Å². The van der Waals surface area contributed by atoms with Crippen LogP contribution in [0.2, 0.25) is 0 Å². The number of hydrogen-bond acceptors (Lipinski definition) is 3. The molecule has 1 aliphatic heterocycles. The molecule has 1 aromatic heterocycles. The Morgan fingerprint density at radius 2 is 2.00 bits per heavy atom. The fraction of sp³-hybridized carbons (Fsp3) is 0.353. The fourth-order valence-electron chi connectivity index (χ4n) is 2.73. The van der Waals surface area contributed by atoms with Crippen LogP contribution in [0.5, 0.6) is 0 Å². The third-order valence-corrected chi connectivity index (χ3v) is 3.76. The Morgan fingerprint density at radius 1 is 1.23 bits per heavy atom. The molecule has 5 nitrogen and oxygen atoms in total. The summed E-state index contributed by atoms with van der Waals surface area (Å²) >= 11 is 0. The Hall–Kier alpha value is -2.43. The average Bonchev–Trinajstić information content (AvgIpc) is 2.92. The van der Waals surface area contributed by atoms with Gasteiger partial charge in [-0.15, -0.1) is 0 Å². The number of hydrogen-bond donors (Lipinski definition) is 0. The first kappa shape index (κ1) is 14.5. The number of nitrogens with zero attached hydrogens (tertiary/aromatic N) is 3. The second kappa shape index (κ2) is 5.75. The van der Waals surface area contributed by atoms with Crippen molar-refractivity contribution in [2.75, 3.05) is 11.4 Å².